The highest BCUT2D eigenvalue weighted by Gasteiger charge is 2.23. The van der Waals surface area contributed by atoms with E-state index in [9.17, 15) is 14.7 Å². The zero-order chi connectivity index (χ0) is 15.1. The molecule has 0 saturated heterocycles. The van der Waals surface area contributed by atoms with Crippen LogP contribution in [0.15, 0.2) is 30.3 Å². The summed E-state index contributed by atoms with van der Waals surface area (Å²) in [5, 5.41) is 20.3. The van der Waals surface area contributed by atoms with E-state index in [0.717, 1.165) is 5.56 Å². The maximum absolute atomic E-state index is 11.6. The predicted molar refractivity (Wildman–Crippen MR) is 80.0 cm³/mol. The van der Waals surface area contributed by atoms with Gasteiger partial charge < -0.3 is 20.3 Å². The Hall–Kier alpha value is -2.34. The van der Waals surface area contributed by atoms with Crippen LogP contribution in [0.25, 0.3) is 6.08 Å². The van der Waals surface area contributed by atoms with E-state index in [1.807, 2.05) is 0 Å². The molecule has 1 rings (SSSR count). The van der Waals surface area contributed by atoms with Gasteiger partial charge in [0.2, 0.25) is 5.91 Å². The van der Waals surface area contributed by atoms with E-state index < -0.39 is 24.0 Å². The molecule has 116 valence electrons. The van der Waals surface area contributed by atoms with Crippen LogP contribution in [-0.2, 0) is 9.59 Å². The number of hydrogen-bond acceptors (Lipinski definition) is 4. The molecule has 1 aromatic carbocycles. The maximum atomic E-state index is 11.6. The Morgan fingerprint density at radius 3 is 2.29 bits per heavy atom. The van der Waals surface area contributed by atoms with Crippen molar-refractivity contribution in [2.45, 2.75) is 26.5 Å². The van der Waals surface area contributed by atoms with Gasteiger partial charge in [0.05, 0.1) is 13.2 Å². The summed E-state index contributed by atoms with van der Waals surface area (Å²) in [5.74, 6) is -1.17. The zero-order valence-corrected chi connectivity index (χ0v) is 11.2. The third kappa shape index (κ3) is 6.09. The molecule has 0 aromatic heterocycles. The SMILES string of the molecule is C.COc1ccc(/C=C/C(=O)N[C@H](C(=O)O)[C@@H](C)O)cc1. The highest BCUT2D eigenvalue weighted by molar-refractivity contribution is 5.94. The molecule has 1 amide bonds. The lowest BCUT2D eigenvalue weighted by Crippen LogP contribution is -2.47. The lowest BCUT2D eigenvalue weighted by atomic mass is 10.1. The Kier molecular flexibility index (Phi) is 7.78. The van der Waals surface area contributed by atoms with Gasteiger partial charge in [0, 0.05) is 6.08 Å². The van der Waals surface area contributed by atoms with Crippen molar-refractivity contribution in [1.82, 2.24) is 5.32 Å². The van der Waals surface area contributed by atoms with Gasteiger partial charge in [-0.2, -0.15) is 0 Å². The number of ether oxygens (including phenoxy) is 1. The van der Waals surface area contributed by atoms with Crippen molar-refractivity contribution >= 4 is 18.0 Å². The van der Waals surface area contributed by atoms with Crippen LogP contribution >= 0.6 is 0 Å². The van der Waals surface area contributed by atoms with Crippen LogP contribution in [0.5, 0.6) is 5.75 Å². The molecule has 0 heterocycles. The van der Waals surface area contributed by atoms with Gasteiger partial charge in [-0.05, 0) is 30.7 Å². The number of aliphatic hydroxyl groups is 1. The van der Waals surface area contributed by atoms with Crippen molar-refractivity contribution in [2.24, 2.45) is 0 Å². The minimum absolute atomic E-state index is 0. The van der Waals surface area contributed by atoms with Gasteiger partial charge in [-0.15, -0.1) is 0 Å². The summed E-state index contributed by atoms with van der Waals surface area (Å²) in [7, 11) is 1.56. The number of hydrogen-bond donors (Lipinski definition) is 3. The fraction of sp³-hybridized carbons (Fsp3) is 0.333. The van der Waals surface area contributed by atoms with Crippen molar-refractivity contribution in [2.75, 3.05) is 7.11 Å². The molecule has 0 spiro atoms. The molecule has 0 radical (unpaired) electrons. The first-order chi connectivity index (χ1) is 9.43. The summed E-state index contributed by atoms with van der Waals surface area (Å²) in [6.07, 6.45) is 1.57. The minimum Gasteiger partial charge on any atom is -0.497 e. The van der Waals surface area contributed by atoms with E-state index in [1.165, 1.54) is 19.1 Å². The summed E-state index contributed by atoms with van der Waals surface area (Å²) < 4.78 is 5.00. The lowest BCUT2D eigenvalue weighted by molar-refractivity contribution is -0.144. The number of carbonyl (C=O) groups is 2. The third-order valence-electron chi connectivity index (χ3n) is 2.59. The fourth-order valence-corrected chi connectivity index (χ4v) is 1.48. The van der Waals surface area contributed by atoms with Gasteiger partial charge in [-0.25, -0.2) is 4.79 Å². The van der Waals surface area contributed by atoms with Crippen LogP contribution in [0.3, 0.4) is 0 Å². The molecule has 3 N–H and O–H groups in total. The first kappa shape index (κ1) is 18.7. The molecule has 0 bridgehead atoms. The van der Waals surface area contributed by atoms with Crippen LogP contribution in [0.2, 0.25) is 0 Å². The first-order valence-electron chi connectivity index (χ1n) is 5.97. The van der Waals surface area contributed by atoms with Crippen LogP contribution < -0.4 is 10.1 Å². The average Bonchev–Trinajstić information content (AvgIpc) is 2.42. The fourth-order valence-electron chi connectivity index (χ4n) is 1.48. The Labute approximate surface area is 124 Å². The van der Waals surface area contributed by atoms with Crippen molar-refractivity contribution in [3.63, 3.8) is 0 Å². The number of carbonyl (C=O) groups excluding carboxylic acids is 1. The lowest BCUT2D eigenvalue weighted by Gasteiger charge is -2.15. The molecular formula is C15H21NO5. The van der Waals surface area contributed by atoms with E-state index in [0.29, 0.717) is 5.75 Å². The van der Waals surface area contributed by atoms with Crippen molar-refractivity contribution < 1.29 is 24.5 Å². The zero-order valence-electron chi connectivity index (χ0n) is 11.2. The number of carboxylic acid groups (broad SMARTS) is 1. The Morgan fingerprint density at radius 2 is 1.86 bits per heavy atom. The monoisotopic (exact) mass is 295 g/mol. The summed E-state index contributed by atoms with van der Waals surface area (Å²) in [5.41, 5.74) is 0.768. The number of aliphatic hydroxyl groups excluding tert-OH is 1. The van der Waals surface area contributed by atoms with Gasteiger partial charge in [0.15, 0.2) is 6.04 Å². The average molecular weight is 295 g/mol. The second kappa shape index (κ2) is 8.76. The highest BCUT2D eigenvalue weighted by Crippen LogP contribution is 2.12. The number of carboxylic acids is 1. The molecule has 0 saturated carbocycles. The number of amides is 1. The first-order valence-corrected chi connectivity index (χ1v) is 5.97. The van der Waals surface area contributed by atoms with Crippen molar-refractivity contribution in [3.05, 3.63) is 35.9 Å². The quantitative estimate of drug-likeness (QED) is 0.687. The van der Waals surface area contributed by atoms with E-state index in [2.05, 4.69) is 5.32 Å². The molecule has 2 atom stereocenters. The molecule has 0 aliphatic heterocycles. The topological polar surface area (TPSA) is 95.9 Å². The van der Waals surface area contributed by atoms with E-state index in [1.54, 1.807) is 31.4 Å². The summed E-state index contributed by atoms with van der Waals surface area (Å²) in [4.78, 5) is 22.4. The molecule has 6 heteroatoms. The summed E-state index contributed by atoms with van der Waals surface area (Å²) >= 11 is 0. The van der Waals surface area contributed by atoms with Crippen LogP contribution in [0.1, 0.15) is 19.9 Å². The Morgan fingerprint density at radius 1 is 1.29 bits per heavy atom. The predicted octanol–water partition coefficient (Wildman–Crippen LogP) is 1.29. The van der Waals surface area contributed by atoms with Gasteiger partial charge in [-0.1, -0.05) is 19.6 Å². The molecule has 6 nitrogen and oxygen atoms in total. The Balaban J connectivity index is 0.00000400. The smallest absolute Gasteiger partial charge is 0.328 e. The maximum Gasteiger partial charge on any atom is 0.328 e. The van der Waals surface area contributed by atoms with Crippen molar-refractivity contribution in [3.8, 4) is 5.75 Å². The molecule has 0 aliphatic rings. The van der Waals surface area contributed by atoms with Gasteiger partial charge in [0.1, 0.15) is 5.75 Å². The van der Waals surface area contributed by atoms with Gasteiger partial charge >= 0.3 is 5.97 Å². The van der Waals surface area contributed by atoms with Crippen LogP contribution in [0, 0.1) is 0 Å². The number of benzene rings is 1. The highest BCUT2D eigenvalue weighted by atomic mass is 16.5. The van der Waals surface area contributed by atoms with Crippen LogP contribution in [0.4, 0.5) is 0 Å². The molecule has 0 aliphatic carbocycles. The summed E-state index contributed by atoms with van der Waals surface area (Å²) in [6, 6.07) is 5.67. The van der Waals surface area contributed by atoms with Crippen molar-refractivity contribution in [1.29, 1.82) is 0 Å². The standard InChI is InChI=1S/C14H17NO5.CH4/c1-9(16)13(14(18)19)15-12(17)8-5-10-3-6-11(20-2)7-4-10;/h3-9,13,16H,1-2H3,(H,15,17)(H,18,19);1H4/b8-5+;/t9-,13+;/m1./s1. The minimum atomic E-state index is -1.33. The van der Waals surface area contributed by atoms with E-state index in [4.69, 9.17) is 9.84 Å². The number of nitrogens with one attached hydrogen (secondary N) is 1. The molecule has 1 aromatic rings. The largest absolute Gasteiger partial charge is 0.497 e. The third-order valence-corrected chi connectivity index (χ3v) is 2.59. The second-order valence-electron chi connectivity index (χ2n) is 4.17. The number of methoxy groups -OCH3 is 1. The summed E-state index contributed by atoms with van der Waals surface area (Å²) in [6.45, 7) is 1.30. The van der Waals surface area contributed by atoms with Gasteiger partial charge in [0.25, 0.3) is 0 Å². The van der Waals surface area contributed by atoms with E-state index >= 15 is 0 Å². The van der Waals surface area contributed by atoms with Gasteiger partial charge in [-0.3, -0.25) is 4.79 Å². The molecule has 0 unspecified atom stereocenters. The number of aliphatic carboxylic acids is 1. The number of rotatable bonds is 6. The molecule has 21 heavy (non-hydrogen) atoms. The molecule has 0 fully saturated rings. The van der Waals surface area contributed by atoms with Crippen LogP contribution in [-0.4, -0.2) is 41.3 Å². The second-order valence-corrected chi connectivity index (χ2v) is 4.17. The Bertz CT molecular complexity index is 493. The normalized spacial score (nSPS) is 13.1. The van der Waals surface area contributed by atoms with E-state index in [-0.39, 0.29) is 7.43 Å². The molecular weight excluding hydrogens is 274 g/mol.